The predicted molar refractivity (Wildman–Crippen MR) is 120 cm³/mol. The summed E-state index contributed by atoms with van der Waals surface area (Å²) in [4.78, 5) is 27.3. The molecule has 0 bridgehead atoms. The highest BCUT2D eigenvalue weighted by Crippen LogP contribution is 2.41. The topological polar surface area (TPSA) is 76.9 Å². The molecule has 7 heteroatoms. The Bertz CT molecular complexity index is 1110. The van der Waals surface area contributed by atoms with Crippen LogP contribution in [0.4, 0.5) is 0 Å². The second-order valence-electron chi connectivity index (χ2n) is 9.13. The van der Waals surface area contributed by atoms with Crippen molar-refractivity contribution in [2.45, 2.75) is 53.0 Å². The molecule has 158 valence electrons. The highest BCUT2D eigenvalue weighted by molar-refractivity contribution is 7.18. The van der Waals surface area contributed by atoms with Crippen molar-refractivity contribution in [3.63, 3.8) is 0 Å². The van der Waals surface area contributed by atoms with Crippen LogP contribution in [0.5, 0.6) is 0 Å². The van der Waals surface area contributed by atoms with E-state index in [1.807, 2.05) is 30.3 Å². The van der Waals surface area contributed by atoms with Crippen LogP contribution in [0.3, 0.4) is 0 Å². The van der Waals surface area contributed by atoms with E-state index in [4.69, 9.17) is 0 Å². The summed E-state index contributed by atoms with van der Waals surface area (Å²) in [7, 11) is 0. The molecule has 0 radical (unpaired) electrons. The number of carbonyl (C=O) groups excluding carboxylic acids is 1. The number of nitrogens with zero attached hydrogens (tertiary/aromatic N) is 3. The van der Waals surface area contributed by atoms with E-state index in [0.717, 1.165) is 36.8 Å². The number of nitrogens with one attached hydrogen (secondary N) is 1. The Hall–Kier alpha value is -2.54. The van der Waals surface area contributed by atoms with Gasteiger partial charge in [-0.05, 0) is 48.1 Å². The van der Waals surface area contributed by atoms with E-state index in [-0.39, 0.29) is 23.4 Å². The van der Waals surface area contributed by atoms with Crippen LogP contribution in [0.25, 0.3) is 10.2 Å². The fraction of sp³-hybridized carbons (Fsp3) is 0.478. The third-order valence-corrected chi connectivity index (χ3v) is 7.17. The van der Waals surface area contributed by atoms with Crippen LogP contribution < -0.4 is 10.9 Å². The molecule has 0 spiro atoms. The van der Waals surface area contributed by atoms with Crippen molar-refractivity contribution in [1.82, 2.24) is 20.3 Å². The quantitative estimate of drug-likeness (QED) is 0.681. The molecule has 1 N–H and O–H groups in total. The Balaban J connectivity index is 1.47. The van der Waals surface area contributed by atoms with E-state index in [9.17, 15) is 9.59 Å². The largest absolute Gasteiger partial charge is 0.354 e. The molecular weight excluding hydrogens is 396 g/mol. The van der Waals surface area contributed by atoms with Gasteiger partial charge >= 0.3 is 0 Å². The third-order valence-electron chi connectivity index (χ3n) is 6.04. The zero-order valence-electron chi connectivity index (χ0n) is 17.8. The first-order chi connectivity index (χ1) is 14.3. The smallest absolute Gasteiger partial charge is 0.279 e. The van der Waals surface area contributed by atoms with Crippen molar-refractivity contribution >= 4 is 27.5 Å². The molecule has 1 aliphatic rings. The highest BCUT2D eigenvalue weighted by atomic mass is 32.1. The molecule has 30 heavy (non-hydrogen) atoms. The fourth-order valence-corrected chi connectivity index (χ4v) is 5.39. The number of rotatable bonds is 5. The number of fused-ring (bicyclic) bond motifs is 3. The Morgan fingerprint density at radius 3 is 2.77 bits per heavy atom. The molecule has 0 aliphatic heterocycles. The van der Waals surface area contributed by atoms with Crippen molar-refractivity contribution < 1.29 is 4.79 Å². The fourth-order valence-electron chi connectivity index (χ4n) is 4.15. The zero-order valence-corrected chi connectivity index (χ0v) is 18.6. The molecule has 3 aromatic rings. The molecule has 1 atom stereocenters. The molecule has 2 heterocycles. The first kappa shape index (κ1) is 20.7. The van der Waals surface area contributed by atoms with Gasteiger partial charge in [0.1, 0.15) is 6.54 Å². The molecule has 0 saturated carbocycles. The normalized spacial score (nSPS) is 16.4. The molecule has 4 rings (SSSR count). The number of aryl methyl sites for hydroxylation is 1. The van der Waals surface area contributed by atoms with Gasteiger partial charge < -0.3 is 5.32 Å². The number of amides is 1. The molecule has 6 nitrogen and oxygen atoms in total. The second-order valence-corrected chi connectivity index (χ2v) is 10.2. The standard InChI is InChI=1S/C23H28N4O2S/c1-23(2,3)16-9-10-17-18(13-16)30-21-20(17)22(29)27(26-25-21)14-19(28)24-12-11-15-7-5-4-6-8-15/h4-8,16H,9-14H2,1-3H3,(H,24,28). The summed E-state index contributed by atoms with van der Waals surface area (Å²) in [5.74, 6) is 0.377. The predicted octanol–water partition coefficient (Wildman–Crippen LogP) is 3.36. The minimum atomic E-state index is -0.224. The van der Waals surface area contributed by atoms with Gasteiger partial charge in [0.2, 0.25) is 5.91 Å². The van der Waals surface area contributed by atoms with Gasteiger partial charge in [-0.1, -0.05) is 56.3 Å². The molecule has 1 aliphatic carbocycles. The summed E-state index contributed by atoms with van der Waals surface area (Å²) in [5.41, 5.74) is 2.32. The summed E-state index contributed by atoms with van der Waals surface area (Å²) in [5, 5.41) is 11.8. The first-order valence-electron chi connectivity index (χ1n) is 10.5. The highest BCUT2D eigenvalue weighted by Gasteiger charge is 2.32. The minimum Gasteiger partial charge on any atom is -0.354 e. The summed E-state index contributed by atoms with van der Waals surface area (Å²) in [6, 6.07) is 9.98. The molecule has 2 aromatic heterocycles. The van der Waals surface area contributed by atoms with E-state index >= 15 is 0 Å². The number of benzene rings is 1. The first-order valence-corrected chi connectivity index (χ1v) is 11.3. The number of hydrogen-bond acceptors (Lipinski definition) is 5. The van der Waals surface area contributed by atoms with E-state index in [1.165, 1.54) is 9.56 Å². The number of aromatic nitrogens is 3. The maximum absolute atomic E-state index is 13.1. The van der Waals surface area contributed by atoms with Crippen LogP contribution in [-0.2, 0) is 30.6 Å². The zero-order chi connectivity index (χ0) is 21.3. The molecular formula is C23H28N4O2S. The van der Waals surface area contributed by atoms with Gasteiger partial charge in [-0.2, -0.15) is 0 Å². The molecule has 1 unspecified atom stereocenters. The van der Waals surface area contributed by atoms with Crippen molar-refractivity contribution in [3.8, 4) is 0 Å². The monoisotopic (exact) mass is 424 g/mol. The number of thiophene rings is 1. The minimum absolute atomic E-state index is 0.105. The lowest BCUT2D eigenvalue weighted by Gasteiger charge is -2.33. The maximum atomic E-state index is 13.1. The lowest BCUT2D eigenvalue weighted by atomic mass is 9.72. The maximum Gasteiger partial charge on any atom is 0.279 e. The Morgan fingerprint density at radius 1 is 1.27 bits per heavy atom. The van der Waals surface area contributed by atoms with Crippen LogP contribution in [0, 0.1) is 11.3 Å². The second kappa shape index (κ2) is 8.30. The summed E-state index contributed by atoms with van der Waals surface area (Å²) < 4.78 is 1.20. The summed E-state index contributed by atoms with van der Waals surface area (Å²) in [6.45, 7) is 7.25. The average molecular weight is 425 g/mol. The van der Waals surface area contributed by atoms with Crippen LogP contribution in [0.15, 0.2) is 35.1 Å². The Labute approximate surface area is 180 Å². The van der Waals surface area contributed by atoms with E-state index in [1.54, 1.807) is 11.3 Å². The average Bonchev–Trinajstić information content (AvgIpc) is 3.09. The van der Waals surface area contributed by atoms with Gasteiger partial charge in [0, 0.05) is 11.4 Å². The summed E-state index contributed by atoms with van der Waals surface area (Å²) >= 11 is 1.59. The van der Waals surface area contributed by atoms with Gasteiger partial charge in [0.25, 0.3) is 5.56 Å². The van der Waals surface area contributed by atoms with Crippen molar-refractivity contribution in [1.29, 1.82) is 0 Å². The van der Waals surface area contributed by atoms with Gasteiger partial charge in [-0.25, -0.2) is 4.68 Å². The van der Waals surface area contributed by atoms with E-state index in [0.29, 0.717) is 22.7 Å². The van der Waals surface area contributed by atoms with Gasteiger partial charge in [-0.15, -0.1) is 16.4 Å². The third kappa shape index (κ3) is 4.31. The van der Waals surface area contributed by atoms with Crippen LogP contribution in [0.1, 0.15) is 43.2 Å². The molecule has 1 amide bonds. The van der Waals surface area contributed by atoms with Crippen LogP contribution in [-0.4, -0.2) is 27.4 Å². The van der Waals surface area contributed by atoms with Crippen LogP contribution >= 0.6 is 11.3 Å². The molecule has 0 fully saturated rings. The van der Waals surface area contributed by atoms with Gasteiger partial charge in [-0.3, -0.25) is 9.59 Å². The lowest BCUT2D eigenvalue weighted by Crippen LogP contribution is -2.35. The van der Waals surface area contributed by atoms with Crippen molar-refractivity contribution in [3.05, 3.63) is 56.7 Å². The number of carbonyl (C=O) groups is 1. The van der Waals surface area contributed by atoms with Crippen molar-refractivity contribution in [2.75, 3.05) is 6.54 Å². The van der Waals surface area contributed by atoms with E-state index in [2.05, 4.69) is 36.4 Å². The van der Waals surface area contributed by atoms with Crippen molar-refractivity contribution in [2.24, 2.45) is 11.3 Å². The molecule has 0 saturated heterocycles. The lowest BCUT2D eigenvalue weighted by molar-refractivity contribution is -0.121. The SMILES string of the molecule is CC(C)(C)C1CCc2c(sc3nnn(CC(=O)NCCc4ccccc4)c(=O)c23)C1. The van der Waals surface area contributed by atoms with Gasteiger partial charge in [0.15, 0.2) is 4.83 Å². The Morgan fingerprint density at radius 2 is 2.03 bits per heavy atom. The Kier molecular flexibility index (Phi) is 5.73. The number of hydrogen-bond donors (Lipinski definition) is 1. The van der Waals surface area contributed by atoms with E-state index < -0.39 is 0 Å². The summed E-state index contributed by atoms with van der Waals surface area (Å²) in [6.07, 6.45) is 3.70. The van der Waals surface area contributed by atoms with Gasteiger partial charge in [0.05, 0.1) is 5.39 Å². The van der Waals surface area contributed by atoms with Crippen LogP contribution in [0.2, 0.25) is 0 Å². The molecule has 1 aromatic carbocycles.